The summed E-state index contributed by atoms with van der Waals surface area (Å²) in [5, 5.41) is 0. The van der Waals surface area contributed by atoms with Crippen molar-refractivity contribution in [2.75, 3.05) is 14.1 Å². The van der Waals surface area contributed by atoms with E-state index in [9.17, 15) is 65.9 Å². The van der Waals surface area contributed by atoms with Crippen molar-refractivity contribution in [1.82, 2.24) is 0 Å². The SMILES string of the molecule is C[N+]1(C)O[Si-]1(C(F)(F)C(F)(F)F)(C(F)(F)C(F)(F)F)C(F)(F)C(F)(F)F. The normalized spacial score (nSPS) is 25.3. The number of hydrogen-bond acceptors (Lipinski definition) is 1. The molecule has 0 amide bonds. The van der Waals surface area contributed by atoms with Crippen LogP contribution in [0.5, 0.6) is 0 Å². The van der Waals surface area contributed by atoms with Crippen LogP contribution in [0.1, 0.15) is 0 Å². The number of hydroxylamine groups is 2. The van der Waals surface area contributed by atoms with E-state index in [1.165, 1.54) is 0 Å². The summed E-state index contributed by atoms with van der Waals surface area (Å²) in [6, 6.07) is 0. The van der Waals surface area contributed by atoms with E-state index in [-0.39, 0.29) is 0 Å². The van der Waals surface area contributed by atoms with Gasteiger partial charge in [-0.25, -0.2) is 0 Å². The number of quaternary nitrogens is 1. The Balaban J connectivity index is 4.31. The van der Waals surface area contributed by atoms with Crippen molar-refractivity contribution in [2.45, 2.75) is 35.2 Å². The van der Waals surface area contributed by atoms with Gasteiger partial charge in [-0.3, -0.25) is 0 Å². The van der Waals surface area contributed by atoms with Crippen LogP contribution in [0, 0.1) is 0 Å². The number of halogens is 15. The first kappa shape index (κ1) is 23.1. The molecule has 0 bridgehead atoms. The summed E-state index contributed by atoms with van der Waals surface area (Å²) in [7, 11) is -11.8. The Hall–Kier alpha value is -0.913. The third kappa shape index (κ3) is 1.80. The molecule has 1 aliphatic heterocycles. The minimum atomic E-state index is -10.6. The summed E-state index contributed by atoms with van der Waals surface area (Å²) in [5.41, 5.74) is -23.6. The number of rotatable bonds is 3. The second kappa shape index (κ2) is 4.73. The van der Waals surface area contributed by atoms with Crippen LogP contribution in [0.3, 0.4) is 0 Å². The van der Waals surface area contributed by atoms with Crippen LogP contribution >= 0.6 is 0 Å². The van der Waals surface area contributed by atoms with Crippen molar-refractivity contribution >= 4 is 7.76 Å². The van der Waals surface area contributed by atoms with E-state index in [0.29, 0.717) is 0 Å². The summed E-state index contributed by atoms with van der Waals surface area (Å²) in [5.74, 6) is 0. The molecule has 0 saturated carbocycles. The first-order chi connectivity index (χ1) is 10.8. The molecule has 1 saturated heterocycles. The van der Waals surface area contributed by atoms with Crippen molar-refractivity contribution in [2.24, 2.45) is 0 Å². The minimum absolute atomic E-state index is 0.591. The van der Waals surface area contributed by atoms with E-state index in [4.69, 9.17) is 0 Å². The van der Waals surface area contributed by atoms with Crippen LogP contribution in [-0.2, 0) is 4.53 Å². The molecule has 18 heteroatoms. The maximum absolute atomic E-state index is 13.8. The monoisotopic (exact) mass is 445 g/mol. The quantitative estimate of drug-likeness (QED) is 0.351. The zero-order valence-corrected chi connectivity index (χ0v) is 13.0. The van der Waals surface area contributed by atoms with Gasteiger partial charge >= 0.3 is 132 Å². The molecule has 0 aromatic rings. The molecule has 26 heavy (non-hydrogen) atoms. The van der Waals surface area contributed by atoms with E-state index in [2.05, 4.69) is 4.53 Å². The number of hydrogen-bond donors (Lipinski definition) is 0. The van der Waals surface area contributed by atoms with Crippen molar-refractivity contribution in [3.05, 3.63) is 0 Å². The van der Waals surface area contributed by atoms with Gasteiger partial charge in [0.05, 0.1) is 0 Å². The van der Waals surface area contributed by atoms with Crippen molar-refractivity contribution in [3.8, 4) is 0 Å². The Bertz CT molecular complexity index is 531. The van der Waals surface area contributed by atoms with Gasteiger partial charge in [-0.2, -0.15) is 0 Å². The third-order valence-corrected chi connectivity index (χ3v) is 11.4. The van der Waals surface area contributed by atoms with E-state index < -0.39 is 61.3 Å². The zero-order chi connectivity index (χ0) is 21.7. The Kier molecular flexibility index (Phi) is 4.21. The Morgan fingerprint density at radius 3 is 0.731 bits per heavy atom. The van der Waals surface area contributed by atoms with E-state index in [0.717, 1.165) is 0 Å². The number of alkyl halides is 15. The van der Waals surface area contributed by atoms with E-state index >= 15 is 0 Å². The predicted octanol–water partition coefficient (Wildman–Crippen LogP) is 4.61. The molecule has 0 aromatic heterocycles. The van der Waals surface area contributed by atoms with Gasteiger partial charge in [-0.1, -0.05) is 0 Å². The molecule has 2 nitrogen and oxygen atoms in total. The molecule has 0 spiro atoms. The van der Waals surface area contributed by atoms with Gasteiger partial charge < -0.3 is 0 Å². The fraction of sp³-hybridized carbons (Fsp3) is 1.00. The summed E-state index contributed by atoms with van der Waals surface area (Å²) < 4.78 is 195. The zero-order valence-electron chi connectivity index (χ0n) is 12.0. The summed E-state index contributed by atoms with van der Waals surface area (Å²) >= 11 is 0. The first-order valence-electron chi connectivity index (χ1n) is 5.84. The van der Waals surface area contributed by atoms with Gasteiger partial charge in [0.1, 0.15) is 0 Å². The fourth-order valence-corrected chi connectivity index (χ4v) is 9.38. The van der Waals surface area contributed by atoms with Crippen molar-refractivity contribution in [3.63, 3.8) is 0 Å². The van der Waals surface area contributed by atoms with Crippen LogP contribution in [0.25, 0.3) is 0 Å². The Labute approximate surface area is 133 Å². The molecule has 0 N–H and O–H groups in total. The second-order valence-electron chi connectivity index (χ2n) is 5.77. The maximum atomic E-state index is 13.8. The van der Waals surface area contributed by atoms with Crippen LogP contribution in [0.15, 0.2) is 0 Å². The van der Waals surface area contributed by atoms with Crippen LogP contribution in [0.4, 0.5) is 65.9 Å². The fourth-order valence-electron chi connectivity index (χ4n) is 2.99. The summed E-state index contributed by atoms with van der Waals surface area (Å²) in [6.07, 6.45) is -23.0. The molecule has 0 aliphatic carbocycles. The Morgan fingerprint density at radius 1 is 0.500 bits per heavy atom. The predicted molar refractivity (Wildman–Crippen MR) is 52.0 cm³/mol. The van der Waals surface area contributed by atoms with E-state index in [1.54, 1.807) is 0 Å². The van der Waals surface area contributed by atoms with E-state index in [1.807, 2.05) is 0 Å². The van der Waals surface area contributed by atoms with Gasteiger partial charge in [0, 0.05) is 0 Å². The third-order valence-electron chi connectivity index (χ3n) is 4.22. The number of nitrogens with zero attached hydrogens (tertiary/aromatic N) is 1. The first-order valence-corrected chi connectivity index (χ1v) is 8.19. The summed E-state index contributed by atoms with van der Waals surface area (Å²) in [6.45, 7) is 0. The van der Waals surface area contributed by atoms with Gasteiger partial charge in [0.25, 0.3) is 0 Å². The molecular formula is C8H6F15NOSi. The molecule has 0 radical (unpaired) electrons. The standard InChI is InChI=1S/C8H6F15NOSi/c1-24(2)25-26(24,6(18,19)3(9,10)11,7(20,21)4(12,13)14)8(22,23)5(15,16)17/h1-2H3. The molecule has 1 fully saturated rings. The molecular weight excluding hydrogens is 439 g/mol. The average molecular weight is 445 g/mol. The second-order valence-corrected chi connectivity index (χ2v) is 11.1. The topological polar surface area (TPSA) is 12.5 Å². The van der Waals surface area contributed by atoms with Gasteiger partial charge in [0.2, 0.25) is 0 Å². The molecule has 1 heterocycles. The summed E-state index contributed by atoms with van der Waals surface area (Å²) in [4.78, 5) is 0. The van der Waals surface area contributed by atoms with Gasteiger partial charge in [-0.05, 0) is 0 Å². The molecule has 0 aromatic carbocycles. The van der Waals surface area contributed by atoms with Crippen molar-refractivity contribution < 1.29 is 74.7 Å². The molecule has 0 unspecified atom stereocenters. The van der Waals surface area contributed by atoms with Gasteiger partial charge in [-0.15, -0.1) is 0 Å². The Morgan fingerprint density at radius 2 is 0.654 bits per heavy atom. The van der Waals surface area contributed by atoms with Gasteiger partial charge in [0.15, 0.2) is 0 Å². The molecule has 1 rings (SSSR count). The van der Waals surface area contributed by atoms with Crippen LogP contribution in [0.2, 0.25) is 0 Å². The van der Waals surface area contributed by atoms with Crippen LogP contribution < -0.4 is 0 Å². The van der Waals surface area contributed by atoms with Crippen LogP contribution in [-0.4, -0.2) is 61.3 Å². The average Bonchev–Trinajstić information content (AvgIpc) is 2.86. The molecule has 1 aliphatic rings. The molecule has 0 atom stereocenters. The van der Waals surface area contributed by atoms with Crippen molar-refractivity contribution in [1.29, 1.82) is 0 Å². The molecule has 158 valence electrons.